The standard InChI is InChI=1S/C25H21ClN4O2S/c1-16-8-9-19(14-22(16)26)24-28-29-25(30(24)21-6-4-3-5-7-21)33-15-23(32)27-20-12-10-18(11-13-20)17(2)31/h3-14H,15H2,1-2H3,(H,27,32). The Morgan fingerprint density at radius 3 is 2.39 bits per heavy atom. The number of ketones is 1. The van der Waals surface area contributed by atoms with Gasteiger partial charge in [-0.15, -0.1) is 10.2 Å². The van der Waals surface area contributed by atoms with E-state index >= 15 is 0 Å². The largest absolute Gasteiger partial charge is 0.325 e. The summed E-state index contributed by atoms with van der Waals surface area (Å²) in [5.74, 6) is 0.590. The smallest absolute Gasteiger partial charge is 0.234 e. The number of Topliss-reactive ketones (excluding diaryl/α,β-unsaturated/α-hetero) is 1. The molecule has 4 aromatic rings. The number of nitrogens with one attached hydrogen (secondary N) is 1. The lowest BCUT2D eigenvalue weighted by atomic mass is 10.1. The van der Waals surface area contributed by atoms with Crippen LogP contribution in [0.2, 0.25) is 5.02 Å². The third kappa shape index (κ3) is 5.32. The Kier molecular flexibility index (Phi) is 6.91. The van der Waals surface area contributed by atoms with Gasteiger partial charge in [0.1, 0.15) is 0 Å². The van der Waals surface area contributed by atoms with E-state index in [1.807, 2.05) is 60.0 Å². The van der Waals surface area contributed by atoms with E-state index in [-0.39, 0.29) is 17.4 Å². The highest BCUT2D eigenvalue weighted by Gasteiger charge is 2.18. The number of carbonyl (C=O) groups excluding carboxylic acids is 2. The Morgan fingerprint density at radius 1 is 1.00 bits per heavy atom. The van der Waals surface area contributed by atoms with Crippen LogP contribution in [0, 0.1) is 6.92 Å². The second-order valence-corrected chi connectivity index (χ2v) is 8.76. The summed E-state index contributed by atoms with van der Waals surface area (Å²) < 4.78 is 1.92. The molecule has 0 fully saturated rings. The van der Waals surface area contributed by atoms with Crippen LogP contribution < -0.4 is 5.32 Å². The number of amides is 1. The average molecular weight is 477 g/mol. The molecule has 3 aromatic carbocycles. The fourth-order valence-electron chi connectivity index (χ4n) is 3.21. The second-order valence-electron chi connectivity index (χ2n) is 7.41. The number of hydrogen-bond donors (Lipinski definition) is 1. The van der Waals surface area contributed by atoms with Crippen molar-refractivity contribution in [2.45, 2.75) is 19.0 Å². The van der Waals surface area contributed by atoms with E-state index in [9.17, 15) is 9.59 Å². The zero-order valence-electron chi connectivity index (χ0n) is 18.1. The van der Waals surface area contributed by atoms with Crippen LogP contribution in [0.3, 0.4) is 0 Å². The number of benzene rings is 3. The van der Waals surface area contributed by atoms with E-state index in [0.717, 1.165) is 16.8 Å². The first-order valence-corrected chi connectivity index (χ1v) is 11.6. The molecule has 0 aliphatic heterocycles. The van der Waals surface area contributed by atoms with Crippen molar-refractivity contribution in [2.75, 3.05) is 11.1 Å². The number of hydrogen-bond acceptors (Lipinski definition) is 5. The van der Waals surface area contributed by atoms with Gasteiger partial charge in [0.15, 0.2) is 16.8 Å². The third-order valence-electron chi connectivity index (χ3n) is 4.99. The van der Waals surface area contributed by atoms with Gasteiger partial charge < -0.3 is 5.32 Å². The zero-order valence-corrected chi connectivity index (χ0v) is 19.7. The Hall–Kier alpha value is -3.42. The summed E-state index contributed by atoms with van der Waals surface area (Å²) in [6.07, 6.45) is 0. The molecule has 8 heteroatoms. The van der Waals surface area contributed by atoms with Crippen LogP contribution in [0.4, 0.5) is 5.69 Å². The minimum atomic E-state index is -0.182. The molecule has 1 aromatic heterocycles. The topological polar surface area (TPSA) is 76.9 Å². The lowest BCUT2D eigenvalue weighted by molar-refractivity contribution is -0.113. The summed E-state index contributed by atoms with van der Waals surface area (Å²) >= 11 is 7.63. The first-order chi connectivity index (χ1) is 15.9. The third-order valence-corrected chi connectivity index (χ3v) is 6.32. The molecule has 1 heterocycles. The molecule has 33 heavy (non-hydrogen) atoms. The van der Waals surface area contributed by atoms with E-state index in [2.05, 4.69) is 15.5 Å². The maximum atomic E-state index is 12.5. The van der Waals surface area contributed by atoms with E-state index in [1.54, 1.807) is 24.3 Å². The fraction of sp³-hybridized carbons (Fsp3) is 0.120. The lowest BCUT2D eigenvalue weighted by Crippen LogP contribution is -2.14. The minimum Gasteiger partial charge on any atom is -0.325 e. The number of halogens is 1. The van der Waals surface area contributed by atoms with Gasteiger partial charge in [-0.05, 0) is 61.9 Å². The molecule has 0 atom stereocenters. The first kappa shape index (κ1) is 22.8. The number of aromatic nitrogens is 3. The summed E-state index contributed by atoms with van der Waals surface area (Å²) in [6.45, 7) is 3.45. The monoisotopic (exact) mass is 476 g/mol. The van der Waals surface area contributed by atoms with Crippen LogP contribution >= 0.6 is 23.4 Å². The van der Waals surface area contributed by atoms with Gasteiger partial charge in [-0.1, -0.05) is 53.7 Å². The molecule has 0 aliphatic carbocycles. The van der Waals surface area contributed by atoms with Crippen LogP contribution in [0.15, 0.2) is 78.0 Å². The summed E-state index contributed by atoms with van der Waals surface area (Å²) in [4.78, 5) is 24.0. The summed E-state index contributed by atoms with van der Waals surface area (Å²) in [5, 5.41) is 12.8. The lowest BCUT2D eigenvalue weighted by Gasteiger charge is -2.11. The Morgan fingerprint density at radius 2 is 1.73 bits per heavy atom. The van der Waals surface area contributed by atoms with Crippen molar-refractivity contribution in [3.05, 3.63) is 88.9 Å². The number of carbonyl (C=O) groups is 2. The predicted octanol–water partition coefficient (Wildman–Crippen LogP) is 5.83. The van der Waals surface area contributed by atoms with Crippen LogP contribution in [0.25, 0.3) is 17.1 Å². The molecule has 1 N–H and O–H groups in total. The summed E-state index contributed by atoms with van der Waals surface area (Å²) in [6, 6.07) is 22.3. The van der Waals surface area contributed by atoms with Crippen molar-refractivity contribution in [3.63, 3.8) is 0 Å². The molecule has 166 valence electrons. The average Bonchev–Trinajstić information content (AvgIpc) is 3.24. The van der Waals surface area contributed by atoms with Crippen molar-refractivity contribution in [1.29, 1.82) is 0 Å². The normalized spacial score (nSPS) is 10.8. The molecular weight excluding hydrogens is 456 g/mol. The molecule has 0 saturated carbocycles. The van der Waals surface area contributed by atoms with Crippen molar-refractivity contribution in [3.8, 4) is 17.1 Å². The number of thioether (sulfide) groups is 1. The van der Waals surface area contributed by atoms with Crippen LogP contribution in [-0.4, -0.2) is 32.2 Å². The Balaban J connectivity index is 1.56. The quantitative estimate of drug-likeness (QED) is 0.268. The number of rotatable bonds is 7. The molecule has 4 rings (SSSR count). The van der Waals surface area contributed by atoms with Crippen molar-refractivity contribution >= 4 is 40.7 Å². The van der Waals surface area contributed by atoms with Gasteiger partial charge in [-0.2, -0.15) is 0 Å². The van der Waals surface area contributed by atoms with E-state index in [0.29, 0.717) is 27.3 Å². The van der Waals surface area contributed by atoms with Crippen molar-refractivity contribution in [2.24, 2.45) is 0 Å². The maximum absolute atomic E-state index is 12.5. The van der Waals surface area contributed by atoms with Crippen LogP contribution in [0.5, 0.6) is 0 Å². The highest BCUT2D eigenvalue weighted by atomic mass is 35.5. The van der Waals surface area contributed by atoms with E-state index in [4.69, 9.17) is 11.6 Å². The predicted molar refractivity (Wildman–Crippen MR) is 132 cm³/mol. The SMILES string of the molecule is CC(=O)c1ccc(NC(=O)CSc2nnc(-c3ccc(C)c(Cl)c3)n2-c2ccccc2)cc1. The zero-order chi connectivity index (χ0) is 23.4. The maximum Gasteiger partial charge on any atom is 0.234 e. The highest BCUT2D eigenvalue weighted by Crippen LogP contribution is 2.30. The number of nitrogens with zero attached hydrogens (tertiary/aromatic N) is 3. The molecule has 0 aliphatic rings. The van der Waals surface area contributed by atoms with Gasteiger partial charge in [0, 0.05) is 27.5 Å². The molecular formula is C25H21ClN4O2S. The molecule has 0 radical (unpaired) electrons. The first-order valence-electron chi connectivity index (χ1n) is 10.2. The number of para-hydroxylation sites is 1. The van der Waals surface area contributed by atoms with Crippen LogP contribution in [0.1, 0.15) is 22.8 Å². The molecule has 0 bridgehead atoms. The highest BCUT2D eigenvalue weighted by molar-refractivity contribution is 7.99. The van der Waals surface area contributed by atoms with Gasteiger partial charge >= 0.3 is 0 Å². The second kappa shape index (κ2) is 10.0. The van der Waals surface area contributed by atoms with Gasteiger partial charge in [0.05, 0.1) is 5.75 Å². The van der Waals surface area contributed by atoms with Crippen molar-refractivity contribution < 1.29 is 9.59 Å². The molecule has 6 nitrogen and oxygen atoms in total. The van der Waals surface area contributed by atoms with Gasteiger partial charge in [0.2, 0.25) is 5.91 Å². The number of aryl methyl sites for hydroxylation is 1. The Labute approximate surface area is 201 Å². The fourth-order valence-corrected chi connectivity index (χ4v) is 4.14. The van der Waals surface area contributed by atoms with Crippen molar-refractivity contribution in [1.82, 2.24) is 14.8 Å². The van der Waals surface area contributed by atoms with E-state index in [1.165, 1.54) is 18.7 Å². The van der Waals surface area contributed by atoms with Gasteiger partial charge in [-0.3, -0.25) is 14.2 Å². The molecule has 1 amide bonds. The Bertz CT molecular complexity index is 1300. The minimum absolute atomic E-state index is 0.0191. The van der Waals surface area contributed by atoms with Gasteiger partial charge in [0.25, 0.3) is 0 Å². The van der Waals surface area contributed by atoms with Crippen LogP contribution in [-0.2, 0) is 4.79 Å². The molecule has 0 saturated heterocycles. The molecule has 0 spiro atoms. The number of anilines is 1. The van der Waals surface area contributed by atoms with E-state index < -0.39 is 0 Å². The molecule has 0 unspecified atom stereocenters. The summed E-state index contributed by atoms with van der Waals surface area (Å²) in [7, 11) is 0. The van der Waals surface area contributed by atoms with Gasteiger partial charge in [-0.25, -0.2) is 0 Å². The summed E-state index contributed by atoms with van der Waals surface area (Å²) in [5.41, 5.74) is 3.93.